The second-order valence-corrected chi connectivity index (χ2v) is 5.90. The minimum Gasteiger partial charge on any atom is -0.353 e. The Bertz CT molecular complexity index is 584. The molecule has 108 valence electrons. The monoisotopic (exact) mass is 280 g/mol. The zero-order valence-electron chi connectivity index (χ0n) is 12.2. The lowest BCUT2D eigenvalue weighted by Gasteiger charge is -2.35. The number of piperazine rings is 1. The average Bonchev–Trinajstić information content (AvgIpc) is 3.41. The first-order valence-electron chi connectivity index (χ1n) is 7.78. The Morgan fingerprint density at radius 3 is 2.19 bits per heavy atom. The Balaban J connectivity index is 1.44. The van der Waals surface area contributed by atoms with Gasteiger partial charge >= 0.3 is 0 Å². The maximum absolute atomic E-state index is 4.42. The quantitative estimate of drug-likeness (QED) is 0.864. The van der Waals surface area contributed by atoms with Crippen molar-refractivity contribution < 1.29 is 0 Å². The van der Waals surface area contributed by atoms with E-state index in [2.05, 4.69) is 44.3 Å². The number of nitrogens with zero attached hydrogens (tertiary/aromatic N) is 4. The maximum Gasteiger partial charge on any atom is 0.151 e. The summed E-state index contributed by atoms with van der Waals surface area (Å²) in [5.74, 6) is 1.00. The van der Waals surface area contributed by atoms with Crippen molar-refractivity contribution in [1.29, 1.82) is 0 Å². The molecule has 21 heavy (non-hydrogen) atoms. The highest BCUT2D eigenvalue weighted by atomic mass is 15.3. The lowest BCUT2D eigenvalue weighted by atomic mass is 10.1. The van der Waals surface area contributed by atoms with E-state index >= 15 is 0 Å². The molecule has 0 N–H and O–H groups in total. The van der Waals surface area contributed by atoms with Crippen LogP contribution in [0.3, 0.4) is 0 Å². The summed E-state index contributed by atoms with van der Waals surface area (Å²) in [4.78, 5) is 4.96. The molecule has 0 bridgehead atoms. The molecule has 2 heterocycles. The first-order chi connectivity index (χ1) is 10.4. The Labute approximate surface area is 125 Å². The van der Waals surface area contributed by atoms with Crippen LogP contribution in [-0.4, -0.2) is 47.3 Å². The van der Waals surface area contributed by atoms with Crippen LogP contribution in [0.5, 0.6) is 0 Å². The molecular weight excluding hydrogens is 260 g/mol. The van der Waals surface area contributed by atoms with Gasteiger partial charge in [-0.2, -0.15) is 0 Å². The minimum absolute atomic E-state index is 0.874. The van der Waals surface area contributed by atoms with Crippen LogP contribution in [0.2, 0.25) is 0 Å². The zero-order chi connectivity index (χ0) is 14.1. The molecule has 2 fully saturated rings. The maximum atomic E-state index is 4.42. The molecule has 2 aliphatic rings. The number of aromatic nitrogens is 2. The lowest BCUT2D eigenvalue weighted by Crippen LogP contribution is -2.47. The average molecular weight is 280 g/mol. The molecule has 0 amide bonds. The largest absolute Gasteiger partial charge is 0.353 e. The van der Waals surface area contributed by atoms with Gasteiger partial charge in [-0.05, 0) is 25.0 Å². The van der Waals surface area contributed by atoms with Crippen molar-refractivity contribution in [3.63, 3.8) is 0 Å². The van der Waals surface area contributed by atoms with Crippen LogP contribution in [0.25, 0.3) is 11.3 Å². The highest BCUT2D eigenvalue weighted by Crippen LogP contribution is 2.28. The van der Waals surface area contributed by atoms with E-state index in [1.54, 1.807) is 0 Å². The minimum atomic E-state index is 0.874. The fraction of sp³-hybridized carbons (Fsp3) is 0.412. The molecule has 0 unspecified atom stereocenters. The molecule has 0 radical (unpaired) electrons. The fourth-order valence-electron chi connectivity index (χ4n) is 3.01. The van der Waals surface area contributed by atoms with Crippen molar-refractivity contribution in [1.82, 2.24) is 15.1 Å². The molecule has 1 aromatic heterocycles. The van der Waals surface area contributed by atoms with Gasteiger partial charge in [0, 0.05) is 37.8 Å². The van der Waals surface area contributed by atoms with E-state index in [4.69, 9.17) is 0 Å². The van der Waals surface area contributed by atoms with Gasteiger partial charge in [0.05, 0.1) is 5.69 Å². The topological polar surface area (TPSA) is 32.3 Å². The molecule has 0 spiro atoms. The number of hydrogen-bond acceptors (Lipinski definition) is 4. The van der Waals surface area contributed by atoms with E-state index < -0.39 is 0 Å². The molecule has 1 saturated carbocycles. The third-order valence-electron chi connectivity index (χ3n) is 4.42. The second kappa shape index (κ2) is 5.45. The van der Waals surface area contributed by atoms with Crippen LogP contribution < -0.4 is 4.90 Å². The smallest absolute Gasteiger partial charge is 0.151 e. The van der Waals surface area contributed by atoms with Gasteiger partial charge in [0.1, 0.15) is 0 Å². The summed E-state index contributed by atoms with van der Waals surface area (Å²) in [6.45, 7) is 4.45. The predicted molar refractivity (Wildman–Crippen MR) is 84.3 cm³/mol. The molecule has 2 aromatic rings. The molecule has 1 aliphatic carbocycles. The first kappa shape index (κ1) is 12.8. The zero-order valence-corrected chi connectivity index (χ0v) is 12.2. The lowest BCUT2D eigenvalue weighted by molar-refractivity contribution is 0.247. The number of anilines is 1. The standard InChI is InChI=1S/C17H20N4/c1-2-4-14(5-3-1)16-8-9-17(19-18-16)21-12-10-20(11-13-21)15-6-7-15/h1-5,8-9,15H,6-7,10-13H2. The fourth-order valence-corrected chi connectivity index (χ4v) is 3.01. The van der Waals surface area contributed by atoms with Crippen molar-refractivity contribution >= 4 is 5.82 Å². The van der Waals surface area contributed by atoms with Crippen molar-refractivity contribution in [3.05, 3.63) is 42.5 Å². The highest BCUT2D eigenvalue weighted by molar-refractivity contribution is 5.59. The SMILES string of the molecule is c1ccc(-c2ccc(N3CCN(C4CC4)CC3)nn2)cc1. The van der Waals surface area contributed by atoms with Gasteiger partial charge in [-0.25, -0.2) is 0 Å². The molecule has 4 nitrogen and oxygen atoms in total. The Kier molecular flexibility index (Phi) is 3.31. The van der Waals surface area contributed by atoms with Crippen molar-refractivity contribution in [3.8, 4) is 11.3 Å². The first-order valence-corrected chi connectivity index (χ1v) is 7.78. The summed E-state index contributed by atoms with van der Waals surface area (Å²) in [5, 5.41) is 8.81. The Hall–Kier alpha value is -1.94. The van der Waals surface area contributed by atoms with Gasteiger partial charge in [-0.3, -0.25) is 4.90 Å². The summed E-state index contributed by atoms with van der Waals surface area (Å²) in [7, 11) is 0. The summed E-state index contributed by atoms with van der Waals surface area (Å²) >= 11 is 0. The molecule has 4 heteroatoms. The molecule has 1 saturated heterocycles. The van der Waals surface area contributed by atoms with Crippen LogP contribution in [0.4, 0.5) is 5.82 Å². The van der Waals surface area contributed by atoms with Crippen molar-refractivity contribution in [2.24, 2.45) is 0 Å². The van der Waals surface area contributed by atoms with Gasteiger partial charge in [-0.1, -0.05) is 30.3 Å². The van der Waals surface area contributed by atoms with Crippen LogP contribution in [0, 0.1) is 0 Å². The number of hydrogen-bond donors (Lipinski definition) is 0. The predicted octanol–water partition coefficient (Wildman–Crippen LogP) is 2.43. The van der Waals surface area contributed by atoms with E-state index in [1.165, 1.54) is 12.8 Å². The van der Waals surface area contributed by atoms with Gasteiger partial charge in [0.2, 0.25) is 0 Å². The van der Waals surface area contributed by atoms with Crippen LogP contribution in [-0.2, 0) is 0 Å². The summed E-state index contributed by atoms with van der Waals surface area (Å²) in [6, 6.07) is 15.3. The third-order valence-corrected chi connectivity index (χ3v) is 4.42. The molecule has 1 aliphatic heterocycles. The summed E-state index contributed by atoms with van der Waals surface area (Å²) < 4.78 is 0. The Morgan fingerprint density at radius 2 is 1.57 bits per heavy atom. The van der Waals surface area contributed by atoms with Gasteiger partial charge in [0.25, 0.3) is 0 Å². The van der Waals surface area contributed by atoms with E-state index in [1.807, 2.05) is 18.2 Å². The van der Waals surface area contributed by atoms with Crippen LogP contribution >= 0.6 is 0 Å². The van der Waals surface area contributed by atoms with E-state index in [9.17, 15) is 0 Å². The molecule has 1 aromatic carbocycles. The van der Waals surface area contributed by atoms with Crippen LogP contribution in [0.1, 0.15) is 12.8 Å². The number of rotatable bonds is 3. The third kappa shape index (κ3) is 2.76. The summed E-state index contributed by atoms with van der Waals surface area (Å²) in [6.07, 6.45) is 2.79. The normalized spacial score (nSPS) is 19.7. The van der Waals surface area contributed by atoms with Gasteiger partial charge in [0.15, 0.2) is 5.82 Å². The summed E-state index contributed by atoms with van der Waals surface area (Å²) in [5.41, 5.74) is 2.06. The van der Waals surface area contributed by atoms with E-state index in [-0.39, 0.29) is 0 Å². The van der Waals surface area contributed by atoms with Crippen molar-refractivity contribution in [2.75, 3.05) is 31.1 Å². The molecule has 4 rings (SSSR count). The molecule has 0 atom stereocenters. The van der Waals surface area contributed by atoms with Gasteiger partial charge in [-0.15, -0.1) is 10.2 Å². The highest BCUT2D eigenvalue weighted by Gasteiger charge is 2.31. The van der Waals surface area contributed by atoms with Crippen LogP contribution in [0.15, 0.2) is 42.5 Å². The Morgan fingerprint density at radius 1 is 0.810 bits per heavy atom. The van der Waals surface area contributed by atoms with Gasteiger partial charge < -0.3 is 4.90 Å². The van der Waals surface area contributed by atoms with Crippen molar-refractivity contribution in [2.45, 2.75) is 18.9 Å². The number of benzene rings is 1. The second-order valence-electron chi connectivity index (χ2n) is 5.90. The molecular formula is C17H20N4. The van der Waals surface area contributed by atoms with E-state index in [0.717, 1.165) is 49.3 Å². The van der Waals surface area contributed by atoms with E-state index in [0.29, 0.717) is 0 Å².